The van der Waals surface area contributed by atoms with Crippen molar-refractivity contribution in [1.82, 2.24) is 9.21 Å². The second-order valence-corrected chi connectivity index (χ2v) is 8.88. The fraction of sp³-hybridized carbons (Fsp3) is 0.368. The average Bonchev–Trinajstić information content (AvgIpc) is 3.18. The Kier molecular flexibility index (Phi) is 4.14. The van der Waals surface area contributed by atoms with Gasteiger partial charge in [0.15, 0.2) is 0 Å². The number of hydrogen-bond donors (Lipinski definition) is 0. The molecule has 0 aromatic heterocycles. The molecule has 0 N–H and O–H groups in total. The standard InChI is InChI=1S/C19H21FN2O2S/c1-14-2-8-19(9-3-14)25(23,24)22-13-17-10-18(22)12-21(17)11-15-4-6-16(20)7-5-15/h2-9,17-18H,10-13H2,1H3. The van der Waals surface area contributed by atoms with Crippen molar-refractivity contribution in [3.05, 3.63) is 65.5 Å². The Morgan fingerprint density at radius 2 is 1.68 bits per heavy atom. The average molecular weight is 360 g/mol. The van der Waals surface area contributed by atoms with Crippen molar-refractivity contribution in [3.63, 3.8) is 0 Å². The molecule has 0 radical (unpaired) electrons. The molecule has 25 heavy (non-hydrogen) atoms. The Labute approximate surface area is 147 Å². The van der Waals surface area contributed by atoms with E-state index in [0.717, 1.165) is 30.6 Å². The number of fused-ring (bicyclic) bond motifs is 2. The highest BCUT2D eigenvalue weighted by Gasteiger charge is 2.48. The summed E-state index contributed by atoms with van der Waals surface area (Å²) < 4.78 is 40.5. The molecule has 6 heteroatoms. The van der Waals surface area contributed by atoms with E-state index in [9.17, 15) is 12.8 Å². The highest BCUT2D eigenvalue weighted by Crippen LogP contribution is 2.35. The Morgan fingerprint density at radius 1 is 1.00 bits per heavy atom. The maximum atomic E-state index is 13.0. The van der Waals surface area contributed by atoms with Gasteiger partial charge in [-0.1, -0.05) is 29.8 Å². The summed E-state index contributed by atoms with van der Waals surface area (Å²) in [6.45, 7) is 3.94. The smallest absolute Gasteiger partial charge is 0.243 e. The molecule has 2 aromatic carbocycles. The summed E-state index contributed by atoms with van der Waals surface area (Å²) in [4.78, 5) is 2.68. The Balaban J connectivity index is 1.47. The van der Waals surface area contributed by atoms with Crippen molar-refractivity contribution in [2.75, 3.05) is 13.1 Å². The summed E-state index contributed by atoms with van der Waals surface area (Å²) in [6.07, 6.45) is 0.867. The summed E-state index contributed by atoms with van der Waals surface area (Å²) in [5, 5.41) is 0. The molecular weight excluding hydrogens is 339 g/mol. The molecule has 2 aliphatic heterocycles. The number of hydrogen-bond acceptors (Lipinski definition) is 3. The lowest BCUT2D eigenvalue weighted by atomic mass is 10.2. The van der Waals surface area contributed by atoms with Gasteiger partial charge >= 0.3 is 0 Å². The van der Waals surface area contributed by atoms with E-state index in [0.29, 0.717) is 11.4 Å². The van der Waals surface area contributed by atoms with Gasteiger partial charge in [-0.2, -0.15) is 4.31 Å². The second kappa shape index (κ2) is 6.20. The topological polar surface area (TPSA) is 40.6 Å². The first kappa shape index (κ1) is 16.7. The molecule has 2 aliphatic rings. The number of sulfonamides is 1. The molecule has 132 valence electrons. The Morgan fingerprint density at radius 3 is 2.28 bits per heavy atom. The molecule has 4 rings (SSSR count). The molecule has 2 fully saturated rings. The zero-order valence-corrected chi connectivity index (χ0v) is 14.9. The Hall–Kier alpha value is -1.76. The van der Waals surface area contributed by atoms with Gasteiger partial charge in [0.1, 0.15) is 5.82 Å². The lowest BCUT2D eigenvalue weighted by Crippen LogP contribution is -2.48. The molecule has 2 saturated heterocycles. The zero-order valence-electron chi connectivity index (χ0n) is 14.1. The van der Waals surface area contributed by atoms with E-state index in [4.69, 9.17) is 0 Å². The van der Waals surface area contributed by atoms with Crippen LogP contribution in [0.15, 0.2) is 53.4 Å². The van der Waals surface area contributed by atoms with Crippen molar-refractivity contribution in [1.29, 1.82) is 0 Å². The third-order valence-corrected chi connectivity index (χ3v) is 7.16. The molecule has 2 heterocycles. The fourth-order valence-electron chi connectivity index (χ4n) is 3.87. The first-order valence-electron chi connectivity index (χ1n) is 8.50. The summed E-state index contributed by atoms with van der Waals surface area (Å²) in [5.74, 6) is -0.234. The second-order valence-electron chi connectivity index (χ2n) is 6.99. The lowest BCUT2D eigenvalue weighted by Gasteiger charge is -2.33. The molecule has 0 saturated carbocycles. The van der Waals surface area contributed by atoms with Crippen LogP contribution in [0.3, 0.4) is 0 Å². The maximum absolute atomic E-state index is 13.0. The molecular formula is C19H21FN2O2S. The van der Waals surface area contributed by atoms with Crippen LogP contribution in [0.5, 0.6) is 0 Å². The van der Waals surface area contributed by atoms with Gasteiger partial charge in [-0.05, 0) is 43.2 Å². The van der Waals surface area contributed by atoms with Gasteiger partial charge in [0.05, 0.1) is 4.90 Å². The lowest BCUT2D eigenvalue weighted by molar-refractivity contribution is 0.174. The largest absolute Gasteiger partial charge is 0.293 e. The third-order valence-electron chi connectivity index (χ3n) is 5.23. The van der Waals surface area contributed by atoms with Crippen LogP contribution < -0.4 is 0 Å². The van der Waals surface area contributed by atoms with Gasteiger partial charge < -0.3 is 0 Å². The number of nitrogens with zero attached hydrogens (tertiary/aromatic N) is 2. The van der Waals surface area contributed by atoms with Crippen molar-refractivity contribution in [2.24, 2.45) is 0 Å². The van der Waals surface area contributed by atoms with E-state index in [2.05, 4.69) is 4.90 Å². The van der Waals surface area contributed by atoms with Gasteiger partial charge in [0.25, 0.3) is 0 Å². The summed E-state index contributed by atoms with van der Waals surface area (Å²) in [7, 11) is -3.43. The SMILES string of the molecule is Cc1ccc(S(=O)(=O)N2CC3CC2CN3Cc2ccc(F)cc2)cc1. The molecule has 2 atom stereocenters. The van der Waals surface area contributed by atoms with Gasteiger partial charge in [-0.3, -0.25) is 4.90 Å². The van der Waals surface area contributed by atoms with Crippen LogP contribution in [0.2, 0.25) is 0 Å². The summed E-state index contributed by atoms with van der Waals surface area (Å²) >= 11 is 0. The van der Waals surface area contributed by atoms with Crippen LogP contribution in [0.4, 0.5) is 4.39 Å². The minimum atomic E-state index is -3.43. The number of benzene rings is 2. The number of rotatable bonds is 4. The zero-order chi connectivity index (χ0) is 17.6. The monoisotopic (exact) mass is 360 g/mol. The predicted molar refractivity (Wildman–Crippen MR) is 94.1 cm³/mol. The van der Waals surface area contributed by atoms with Crippen LogP contribution in [0, 0.1) is 12.7 Å². The van der Waals surface area contributed by atoms with E-state index in [1.165, 1.54) is 12.1 Å². The molecule has 0 aliphatic carbocycles. The first-order valence-corrected chi connectivity index (χ1v) is 9.94. The fourth-order valence-corrected chi connectivity index (χ4v) is 5.54. The van der Waals surface area contributed by atoms with Gasteiger partial charge in [0, 0.05) is 31.7 Å². The van der Waals surface area contributed by atoms with Crippen LogP contribution in [-0.4, -0.2) is 42.8 Å². The highest BCUT2D eigenvalue weighted by molar-refractivity contribution is 7.89. The predicted octanol–water partition coefficient (Wildman–Crippen LogP) is 2.78. The summed E-state index contributed by atoms with van der Waals surface area (Å²) in [5.41, 5.74) is 2.11. The Bertz CT molecular complexity index is 865. The molecule has 2 unspecified atom stereocenters. The van der Waals surface area contributed by atoms with Crippen LogP contribution in [0.25, 0.3) is 0 Å². The van der Waals surface area contributed by atoms with E-state index in [1.807, 2.05) is 19.1 Å². The van der Waals surface area contributed by atoms with E-state index >= 15 is 0 Å². The molecule has 2 bridgehead atoms. The minimum absolute atomic E-state index is 0.0248. The number of aryl methyl sites for hydroxylation is 1. The van der Waals surface area contributed by atoms with E-state index in [-0.39, 0.29) is 17.9 Å². The van der Waals surface area contributed by atoms with Gasteiger partial charge in [0.2, 0.25) is 10.0 Å². The van der Waals surface area contributed by atoms with Gasteiger partial charge in [-0.15, -0.1) is 0 Å². The number of piperazine rings is 1. The van der Waals surface area contributed by atoms with E-state index < -0.39 is 10.0 Å². The minimum Gasteiger partial charge on any atom is -0.293 e. The molecule has 0 spiro atoms. The number of halogens is 1. The van der Waals surface area contributed by atoms with Crippen LogP contribution in [-0.2, 0) is 16.6 Å². The molecule has 4 nitrogen and oxygen atoms in total. The third kappa shape index (κ3) is 3.10. The molecule has 0 amide bonds. The first-order chi connectivity index (χ1) is 11.9. The van der Waals surface area contributed by atoms with Gasteiger partial charge in [-0.25, -0.2) is 12.8 Å². The van der Waals surface area contributed by atoms with Crippen molar-refractivity contribution in [2.45, 2.75) is 36.9 Å². The van der Waals surface area contributed by atoms with Crippen molar-refractivity contribution in [3.8, 4) is 0 Å². The van der Waals surface area contributed by atoms with Crippen LogP contribution in [0.1, 0.15) is 17.5 Å². The highest BCUT2D eigenvalue weighted by atomic mass is 32.2. The normalized spacial score (nSPS) is 24.1. The van der Waals surface area contributed by atoms with Crippen LogP contribution >= 0.6 is 0 Å². The maximum Gasteiger partial charge on any atom is 0.243 e. The number of likely N-dealkylation sites (tertiary alicyclic amines) is 1. The van der Waals surface area contributed by atoms with Crippen molar-refractivity contribution >= 4 is 10.0 Å². The van der Waals surface area contributed by atoms with Crippen molar-refractivity contribution < 1.29 is 12.8 Å². The quantitative estimate of drug-likeness (QED) is 0.842. The van der Waals surface area contributed by atoms with E-state index in [1.54, 1.807) is 28.6 Å². The summed E-state index contributed by atoms with van der Waals surface area (Å²) in [6, 6.07) is 13.8. The molecule has 2 aromatic rings.